The van der Waals surface area contributed by atoms with Gasteiger partial charge >= 0.3 is 0 Å². The molecule has 4 atom stereocenters. The minimum Gasteiger partial charge on any atom is -0.372 e. The van der Waals surface area contributed by atoms with Gasteiger partial charge in [0.2, 0.25) is 0 Å². The monoisotopic (exact) mass is 330 g/mol. The molecule has 0 radical (unpaired) electrons. The van der Waals surface area contributed by atoms with Gasteiger partial charge in [0, 0.05) is 4.83 Å². The average Bonchev–Trinajstić information content (AvgIpc) is 2.43. The van der Waals surface area contributed by atoms with E-state index in [1.807, 2.05) is 6.08 Å². The largest absolute Gasteiger partial charge is 0.372 e. The zero-order valence-corrected chi connectivity index (χ0v) is 13.0. The van der Waals surface area contributed by atoms with Gasteiger partial charge in [-0.05, 0) is 31.8 Å². The predicted molar refractivity (Wildman–Crippen MR) is 82.3 cm³/mol. The van der Waals surface area contributed by atoms with Crippen LogP contribution in [0.15, 0.2) is 24.3 Å². The zero-order valence-electron chi connectivity index (χ0n) is 10.7. The Morgan fingerprint density at radius 2 is 2.17 bits per heavy atom. The van der Waals surface area contributed by atoms with E-state index >= 15 is 0 Å². The van der Waals surface area contributed by atoms with Crippen LogP contribution >= 0.6 is 27.5 Å². The number of allylic oxidation sites excluding steroid dienone is 3. The van der Waals surface area contributed by atoms with Crippen LogP contribution in [0.5, 0.6) is 0 Å². The zero-order chi connectivity index (χ0) is 13.4. The third-order valence-electron chi connectivity index (χ3n) is 3.03. The van der Waals surface area contributed by atoms with E-state index in [2.05, 4.69) is 40.9 Å². The van der Waals surface area contributed by atoms with Crippen LogP contribution in [-0.4, -0.2) is 22.4 Å². The molecule has 1 rings (SSSR count). The van der Waals surface area contributed by atoms with Crippen LogP contribution in [0.3, 0.4) is 0 Å². The van der Waals surface area contributed by atoms with Crippen LogP contribution in [0.4, 0.5) is 0 Å². The third-order valence-corrected chi connectivity index (χ3v) is 4.45. The highest BCUT2D eigenvalue weighted by Gasteiger charge is 2.26. The molecule has 3 heteroatoms. The van der Waals surface area contributed by atoms with E-state index in [-0.39, 0.29) is 17.6 Å². The fraction of sp³-hybridized carbons (Fsp3) is 0.600. The summed E-state index contributed by atoms with van der Waals surface area (Å²) in [5.41, 5.74) is 0. The lowest BCUT2D eigenvalue weighted by Gasteiger charge is -2.28. The lowest BCUT2D eigenvalue weighted by molar-refractivity contribution is -0.0123. The molecule has 0 aromatic carbocycles. The maximum atomic E-state index is 6.40. The molecule has 0 spiro atoms. The summed E-state index contributed by atoms with van der Waals surface area (Å²) in [5.74, 6) is 2.49. The van der Waals surface area contributed by atoms with Crippen molar-refractivity contribution in [1.82, 2.24) is 0 Å². The van der Waals surface area contributed by atoms with Crippen LogP contribution in [0.25, 0.3) is 0 Å². The van der Waals surface area contributed by atoms with Gasteiger partial charge in [-0.15, -0.1) is 18.0 Å². The Morgan fingerprint density at radius 1 is 1.44 bits per heavy atom. The average molecular weight is 332 g/mol. The SMILES string of the molecule is C#C/C=C\C[C@@H]1O[C@@H](CC)[C@@H](Br)C/C=C\C[C@@H]1Cl. The number of hydrogen-bond donors (Lipinski definition) is 0. The van der Waals surface area contributed by atoms with Gasteiger partial charge in [-0.1, -0.05) is 47.0 Å². The molecule has 0 fully saturated rings. The minimum absolute atomic E-state index is 0.00414. The number of alkyl halides is 2. The van der Waals surface area contributed by atoms with Gasteiger partial charge in [-0.25, -0.2) is 0 Å². The molecule has 1 aliphatic rings. The van der Waals surface area contributed by atoms with E-state index in [9.17, 15) is 0 Å². The number of halogens is 2. The molecule has 0 aromatic heterocycles. The maximum absolute atomic E-state index is 6.40. The molecule has 0 bridgehead atoms. The van der Waals surface area contributed by atoms with E-state index in [0.717, 1.165) is 25.7 Å². The van der Waals surface area contributed by atoms with Gasteiger partial charge in [0.15, 0.2) is 0 Å². The molecule has 1 aliphatic heterocycles. The van der Waals surface area contributed by atoms with E-state index in [1.165, 1.54) is 0 Å². The van der Waals surface area contributed by atoms with Crippen molar-refractivity contribution in [3.63, 3.8) is 0 Å². The van der Waals surface area contributed by atoms with E-state index in [4.69, 9.17) is 22.8 Å². The van der Waals surface area contributed by atoms with Crippen molar-refractivity contribution in [3.05, 3.63) is 24.3 Å². The summed E-state index contributed by atoms with van der Waals surface area (Å²) in [6, 6.07) is 0. The second-order valence-electron chi connectivity index (χ2n) is 4.40. The maximum Gasteiger partial charge on any atom is 0.0780 e. The fourth-order valence-electron chi connectivity index (χ4n) is 1.98. The van der Waals surface area contributed by atoms with Crippen molar-refractivity contribution >= 4 is 27.5 Å². The Kier molecular flexibility index (Phi) is 7.74. The molecule has 0 aromatic rings. The first kappa shape index (κ1) is 15.8. The summed E-state index contributed by atoms with van der Waals surface area (Å²) in [4.78, 5) is 0.347. The second kappa shape index (κ2) is 8.80. The first-order chi connectivity index (χ1) is 8.69. The Bertz CT molecular complexity index is 332. The molecule has 0 saturated heterocycles. The molecular weight excluding hydrogens is 312 g/mol. The molecule has 0 aliphatic carbocycles. The number of rotatable bonds is 3. The summed E-state index contributed by atoms with van der Waals surface area (Å²) >= 11 is 10.1. The van der Waals surface area contributed by atoms with Crippen LogP contribution < -0.4 is 0 Å². The van der Waals surface area contributed by atoms with Crippen molar-refractivity contribution in [1.29, 1.82) is 0 Å². The first-order valence-electron chi connectivity index (χ1n) is 6.38. The Morgan fingerprint density at radius 3 is 2.83 bits per heavy atom. The molecule has 18 heavy (non-hydrogen) atoms. The van der Waals surface area contributed by atoms with Crippen molar-refractivity contribution in [2.75, 3.05) is 0 Å². The van der Waals surface area contributed by atoms with Gasteiger partial charge in [0.25, 0.3) is 0 Å². The highest BCUT2D eigenvalue weighted by Crippen LogP contribution is 2.26. The Balaban J connectivity index is 2.73. The lowest BCUT2D eigenvalue weighted by Crippen LogP contribution is -2.33. The van der Waals surface area contributed by atoms with Crippen molar-refractivity contribution in [2.24, 2.45) is 0 Å². The minimum atomic E-state index is -0.00414. The van der Waals surface area contributed by atoms with Crippen LogP contribution in [-0.2, 0) is 4.74 Å². The molecular formula is C15H20BrClO. The molecule has 0 N–H and O–H groups in total. The number of hydrogen-bond acceptors (Lipinski definition) is 1. The summed E-state index contributed by atoms with van der Waals surface area (Å²) in [7, 11) is 0. The van der Waals surface area contributed by atoms with E-state index in [1.54, 1.807) is 6.08 Å². The predicted octanol–water partition coefficient (Wildman–Crippen LogP) is 4.45. The smallest absolute Gasteiger partial charge is 0.0780 e. The molecule has 0 saturated carbocycles. The molecule has 0 amide bonds. The normalized spacial score (nSPS) is 35.4. The quantitative estimate of drug-likeness (QED) is 0.422. The summed E-state index contributed by atoms with van der Waals surface area (Å²) in [6.07, 6.45) is 17.0. The summed E-state index contributed by atoms with van der Waals surface area (Å²) < 4.78 is 6.15. The molecule has 1 heterocycles. The van der Waals surface area contributed by atoms with Crippen LogP contribution in [0.1, 0.15) is 32.6 Å². The van der Waals surface area contributed by atoms with Gasteiger partial charge in [-0.2, -0.15) is 0 Å². The third kappa shape index (κ3) is 5.18. The second-order valence-corrected chi connectivity index (χ2v) is 6.14. The fourth-order valence-corrected chi connectivity index (χ4v) is 2.96. The Labute approximate surface area is 124 Å². The summed E-state index contributed by atoms with van der Waals surface area (Å²) in [6.45, 7) is 2.14. The van der Waals surface area contributed by atoms with E-state index < -0.39 is 0 Å². The van der Waals surface area contributed by atoms with Gasteiger partial charge in [-0.3, -0.25) is 0 Å². The number of ether oxygens (including phenoxy) is 1. The molecule has 0 unspecified atom stereocenters. The van der Waals surface area contributed by atoms with E-state index in [0.29, 0.717) is 4.83 Å². The first-order valence-corrected chi connectivity index (χ1v) is 7.74. The van der Waals surface area contributed by atoms with Crippen molar-refractivity contribution in [3.8, 4) is 12.3 Å². The van der Waals surface area contributed by atoms with Gasteiger partial charge in [0.1, 0.15) is 0 Å². The van der Waals surface area contributed by atoms with Crippen molar-refractivity contribution < 1.29 is 4.74 Å². The van der Waals surface area contributed by atoms with Gasteiger partial charge < -0.3 is 4.74 Å². The molecule has 100 valence electrons. The Hall–Kier alpha value is -0.230. The topological polar surface area (TPSA) is 9.23 Å². The standard InChI is InChI=1S/C15H20BrClO/c1-3-5-6-11-15-13(17)10-8-7-9-12(16)14(4-2)18-15/h1,5-8,12-15H,4,9-11H2,2H3/b6-5-,8-7-/t12-,13-,14-,15-/m0/s1. The highest BCUT2D eigenvalue weighted by atomic mass is 79.9. The summed E-state index contributed by atoms with van der Waals surface area (Å²) in [5, 5.41) is -0.00414. The molecule has 1 nitrogen and oxygen atoms in total. The van der Waals surface area contributed by atoms with Crippen LogP contribution in [0, 0.1) is 12.3 Å². The number of terminal acetylenes is 1. The lowest BCUT2D eigenvalue weighted by atomic mass is 10.1. The van der Waals surface area contributed by atoms with Gasteiger partial charge in [0.05, 0.1) is 17.6 Å². The van der Waals surface area contributed by atoms with Crippen LogP contribution in [0.2, 0.25) is 0 Å². The highest BCUT2D eigenvalue weighted by molar-refractivity contribution is 9.09. The van der Waals surface area contributed by atoms with Crippen molar-refractivity contribution in [2.45, 2.75) is 55.0 Å².